The Hall–Kier alpha value is -4.92. The molecular formula is C32H28FN7O. The van der Waals surface area contributed by atoms with E-state index >= 15 is 0 Å². The van der Waals surface area contributed by atoms with E-state index in [1.54, 1.807) is 43.1 Å². The third-order valence-corrected chi connectivity index (χ3v) is 7.92. The molecule has 1 amide bonds. The standard InChI is InChI=1S/C32H28FN7O/c33-22-8-6-20(7-9-22)26-16-35-17-29-24(26)12-28(38-29)32-25-13-27(36-18-30(25)39-40-32)21-11-23(15-34-14-21)37-31(41)10-19-4-2-1-3-5-19/h6-9,11-19,38H,1-5,10H2,(H,37,41)(H,39,40). The molecule has 7 rings (SSSR count). The molecule has 1 fully saturated rings. The van der Waals surface area contributed by atoms with Crippen molar-refractivity contribution in [1.29, 1.82) is 0 Å². The zero-order valence-electron chi connectivity index (χ0n) is 22.3. The fraction of sp³-hybridized carbons (Fsp3) is 0.219. The van der Waals surface area contributed by atoms with Crippen LogP contribution in [0.15, 0.2) is 73.4 Å². The number of pyridine rings is 3. The highest BCUT2D eigenvalue weighted by atomic mass is 19.1. The number of anilines is 1. The summed E-state index contributed by atoms with van der Waals surface area (Å²) in [6.07, 6.45) is 15.2. The summed E-state index contributed by atoms with van der Waals surface area (Å²) in [5.41, 5.74) is 7.19. The monoisotopic (exact) mass is 545 g/mol. The molecule has 0 radical (unpaired) electrons. The van der Waals surface area contributed by atoms with Crippen molar-refractivity contribution in [3.05, 3.63) is 79.3 Å². The van der Waals surface area contributed by atoms with Gasteiger partial charge in [-0.1, -0.05) is 31.4 Å². The number of amides is 1. The van der Waals surface area contributed by atoms with Gasteiger partial charge in [-0.3, -0.25) is 24.8 Å². The van der Waals surface area contributed by atoms with Crippen molar-refractivity contribution in [2.75, 3.05) is 5.32 Å². The van der Waals surface area contributed by atoms with Gasteiger partial charge in [-0.2, -0.15) is 5.10 Å². The van der Waals surface area contributed by atoms with Crippen LogP contribution in [0.25, 0.3) is 55.6 Å². The number of nitrogens with zero attached hydrogens (tertiary/aromatic N) is 4. The van der Waals surface area contributed by atoms with Gasteiger partial charge in [-0.05, 0) is 54.7 Å². The van der Waals surface area contributed by atoms with Crippen LogP contribution in [-0.2, 0) is 4.79 Å². The maximum atomic E-state index is 13.5. The molecule has 0 unspecified atom stereocenters. The van der Waals surface area contributed by atoms with Crippen LogP contribution in [0.1, 0.15) is 38.5 Å². The second-order valence-corrected chi connectivity index (χ2v) is 10.7. The Balaban J connectivity index is 1.19. The van der Waals surface area contributed by atoms with Crippen LogP contribution < -0.4 is 5.32 Å². The van der Waals surface area contributed by atoms with Gasteiger partial charge in [0.05, 0.1) is 46.7 Å². The molecule has 8 nitrogen and oxygen atoms in total. The summed E-state index contributed by atoms with van der Waals surface area (Å²) in [7, 11) is 0. The number of rotatable bonds is 6. The number of aromatic nitrogens is 6. The first-order valence-corrected chi connectivity index (χ1v) is 13.9. The van der Waals surface area contributed by atoms with Crippen LogP contribution in [0.4, 0.5) is 10.1 Å². The summed E-state index contributed by atoms with van der Waals surface area (Å²) in [5, 5.41) is 12.5. The van der Waals surface area contributed by atoms with Gasteiger partial charge in [0.1, 0.15) is 11.5 Å². The number of hydrogen-bond acceptors (Lipinski definition) is 5. The van der Waals surface area contributed by atoms with Crippen molar-refractivity contribution >= 4 is 33.4 Å². The largest absolute Gasteiger partial charge is 0.352 e. The Morgan fingerprint density at radius 1 is 0.878 bits per heavy atom. The number of carbonyl (C=O) groups is 1. The summed E-state index contributed by atoms with van der Waals surface area (Å²) in [5.74, 6) is 0.221. The van der Waals surface area contributed by atoms with Crippen molar-refractivity contribution < 1.29 is 9.18 Å². The molecule has 3 N–H and O–H groups in total. The molecule has 0 bridgehead atoms. The Morgan fingerprint density at radius 2 is 1.71 bits per heavy atom. The number of hydrogen-bond donors (Lipinski definition) is 3. The van der Waals surface area contributed by atoms with Gasteiger partial charge in [0, 0.05) is 40.7 Å². The van der Waals surface area contributed by atoms with Gasteiger partial charge in [0.2, 0.25) is 5.91 Å². The van der Waals surface area contributed by atoms with Crippen molar-refractivity contribution in [1.82, 2.24) is 30.1 Å². The molecule has 1 saturated carbocycles. The first-order chi connectivity index (χ1) is 20.1. The second kappa shape index (κ2) is 10.6. The summed E-state index contributed by atoms with van der Waals surface area (Å²) < 4.78 is 13.5. The molecule has 0 saturated heterocycles. The normalized spacial score (nSPS) is 14.1. The molecule has 0 atom stereocenters. The predicted molar refractivity (Wildman–Crippen MR) is 157 cm³/mol. The molecular weight excluding hydrogens is 517 g/mol. The fourth-order valence-corrected chi connectivity index (χ4v) is 5.83. The van der Waals surface area contributed by atoms with Crippen molar-refractivity contribution in [3.63, 3.8) is 0 Å². The Bertz CT molecular complexity index is 1870. The quantitative estimate of drug-likeness (QED) is 0.204. The first-order valence-electron chi connectivity index (χ1n) is 13.9. The average molecular weight is 546 g/mol. The average Bonchev–Trinajstić information content (AvgIpc) is 3.62. The van der Waals surface area contributed by atoms with E-state index in [4.69, 9.17) is 0 Å². The second-order valence-electron chi connectivity index (χ2n) is 10.7. The van der Waals surface area contributed by atoms with E-state index in [1.807, 2.05) is 18.2 Å². The molecule has 0 spiro atoms. The molecule has 9 heteroatoms. The molecule has 0 aliphatic heterocycles. The van der Waals surface area contributed by atoms with Crippen LogP contribution in [-0.4, -0.2) is 36.0 Å². The maximum absolute atomic E-state index is 13.5. The molecule has 1 aliphatic rings. The van der Waals surface area contributed by atoms with Crippen molar-refractivity contribution in [2.24, 2.45) is 5.92 Å². The molecule has 1 aliphatic carbocycles. The molecule has 5 aromatic heterocycles. The minimum absolute atomic E-state index is 0.0321. The van der Waals surface area contributed by atoms with Gasteiger partial charge in [-0.25, -0.2) is 4.39 Å². The summed E-state index contributed by atoms with van der Waals surface area (Å²) in [6.45, 7) is 0. The third kappa shape index (κ3) is 5.06. The lowest BCUT2D eigenvalue weighted by molar-refractivity contribution is -0.117. The third-order valence-electron chi connectivity index (χ3n) is 7.92. The highest BCUT2D eigenvalue weighted by molar-refractivity contribution is 6.01. The number of fused-ring (bicyclic) bond motifs is 2. The molecule has 1 aromatic carbocycles. The van der Waals surface area contributed by atoms with Crippen LogP contribution in [0.2, 0.25) is 0 Å². The van der Waals surface area contributed by atoms with E-state index in [9.17, 15) is 9.18 Å². The molecule has 5 heterocycles. The number of H-pyrrole nitrogens is 2. The van der Waals surface area contributed by atoms with Crippen LogP contribution in [0.5, 0.6) is 0 Å². The Morgan fingerprint density at radius 3 is 2.56 bits per heavy atom. The lowest BCUT2D eigenvalue weighted by Crippen LogP contribution is -2.18. The number of aromatic amines is 2. The zero-order chi connectivity index (χ0) is 27.8. The van der Waals surface area contributed by atoms with E-state index in [1.165, 1.54) is 31.4 Å². The van der Waals surface area contributed by atoms with Crippen LogP contribution in [0, 0.1) is 11.7 Å². The van der Waals surface area contributed by atoms with Gasteiger partial charge in [0.15, 0.2) is 0 Å². The van der Waals surface area contributed by atoms with E-state index in [0.29, 0.717) is 18.0 Å². The Labute approximate surface area is 235 Å². The van der Waals surface area contributed by atoms with E-state index in [-0.39, 0.29) is 11.7 Å². The summed E-state index contributed by atoms with van der Waals surface area (Å²) in [4.78, 5) is 29.5. The molecule has 41 heavy (non-hydrogen) atoms. The van der Waals surface area contributed by atoms with Crippen LogP contribution in [0.3, 0.4) is 0 Å². The topological polar surface area (TPSA) is 112 Å². The van der Waals surface area contributed by atoms with Crippen molar-refractivity contribution in [2.45, 2.75) is 38.5 Å². The zero-order valence-corrected chi connectivity index (χ0v) is 22.3. The van der Waals surface area contributed by atoms with Gasteiger partial charge >= 0.3 is 0 Å². The minimum Gasteiger partial charge on any atom is -0.352 e. The summed E-state index contributed by atoms with van der Waals surface area (Å²) in [6, 6.07) is 12.3. The minimum atomic E-state index is -0.279. The first kappa shape index (κ1) is 25.1. The molecule has 6 aromatic rings. The number of carbonyl (C=O) groups excluding carboxylic acids is 1. The Kier molecular flexibility index (Phi) is 6.47. The van der Waals surface area contributed by atoms with Crippen LogP contribution >= 0.6 is 0 Å². The van der Waals surface area contributed by atoms with Crippen molar-refractivity contribution in [3.8, 4) is 33.8 Å². The highest BCUT2D eigenvalue weighted by Crippen LogP contribution is 2.34. The SMILES string of the molecule is O=C(CC1CCCCC1)Nc1cncc(-c2cc3c(-c4cc5c(-c6ccc(F)cc6)cncc5[nH]4)n[nH]c3cn2)c1. The predicted octanol–water partition coefficient (Wildman–Crippen LogP) is 7.28. The fourth-order valence-electron chi connectivity index (χ4n) is 5.83. The number of benzene rings is 1. The lowest BCUT2D eigenvalue weighted by atomic mass is 9.87. The number of halogens is 1. The van der Waals surface area contributed by atoms with E-state index < -0.39 is 0 Å². The smallest absolute Gasteiger partial charge is 0.224 e. The summed E-state index contributed by atoms with van der Waals surface area (Å²) >= 11 is 0. The lowest BCUT2D eigenvalue weighted by Gasteiger charge is -2.20. The number of nitrogens with one attached hydrogen (secondary N) is 3. The van der Waals surface area contributed by atoms with E-state index in [2.05, 4.69) is 35.5 Å². The van der Waals surface area contributed by atoms with Gasteiger partial charge < -0.3 is 10.3 Å². The van der Waals surface area contributed by atoms with Gasteiger partial charge in [-0.15, -0.1) is 0 Å². The highest BCUT2D eigenvalue weighted by Gasteiger charge is 2.18. The molecule has 204 valence electrons. The maximum Gasteiger partial charge on any atom is 0.224 e. The van der Waals surface area contributed by atoms with Gasteiger partial charge in [0.25, 0.3) is 0 Å². The van der Waals surface area contributed by atoms with E-state index in [0.717, 1.165) is 68.4 Å².